The van der Waals surface area contributed by atoms with E-state index in [0.717, 1.165) is 18.7 Å². The first kappa shape index (κ1) is 31.9. The van der Waals surface area contributed by atoms with Crippen LogP contribution in [0.15, 0.2) is 35.3 Å². The number of hydrogen-bond acceptors (Lipinski definition) is 6. The number of carbonyl (C=O) groups excluding carboxylic acids is 3. The van der Waals surface area contributed by atoms with Crippen LogP contribution in [0.3, 0.4) is 0 Å². The summed E-state index contributed by atoms with van der Waals surface area (Å²) in [4.78, 5) is 44.8. The van der Waals surface area contributed by atoms with Crippen LogP contribution in [0.4, 0.5) is 5.69 Å². The molecule has 0 spiro atoms. The smallest absolute Gasteiger partial charge is 0.328 e. The number of amides is 2. The minimum absolute atomic E-state index is 0.0721. The van der Waals surface area contributed by atoms with E-state index >= 15 is 0 Å². The highest BCUT2D eigenvalue weighted by Gasteiger charge is 2.31. The molecule has 8 heteroatoms. The Hall–Kier alpha value is -3.16. The van der Waals surface area contributed by atoms with E-state index in [-0.39, 0.29) is 24.3 Å². The molecule has 0 aliphatic heterocycles. The molecule has 0 fully saturated rings. The zero-order valence-electron chi connectivity index (χ0n) is 23.8. The van der Waals surface area contributed by atoms with Gasteiger partial charge in [-0.15, -0.1) is 0 Å². The van der Waals surface area contributed by atoms with Crippen molar-refractivity contribution in [1.29, 1.82) is 0 Å². The molecule has 0 unspecified atom stereocenters. The molecule has 0 saturated carbocycles. The van der Waals surface area contributed by atoms with Crippen LogP contribution in [0.2, 0.25) is 0 Å². The van der Waals surface area contributed by atoms with Gasteiger partial charge in [-0.3, -0.25) is 14.6 Å². The van der Waals surface area contributed by atoms with Gasteiger partial charge < -0.3 is 20.3 Å². The van der Waals surface area contributed by atoms with Crippen molar-refractivity contribution < 1.29 is 19.1 Å². The Kier molecular flexibility index (Phi) is 14.3. The molecule has 0 aliphatic carbocycles. The Morgan fingerprint density at radius 3 is 2.08 bits per heavy atom. The standard InChI is InChI=1S/C29H46N4O4/c1-9-21(7)26(28(35)31-22(8)29(36)37-12-4)32-27(34)25(20(5)6)30-19-13-14-23-15-17-24(18-16-23)33(10-2)11-3/h13-22,25-26H,9-12H2,1-8H3,(H,31,35)(H,32,34)/b14-13+,30-19?/t21-,22-,25-,26-/m0/s1. The molecule has 4 atom stereocenters. The largest absolute Gasteiger partial charge is 0.464 e. The number of esters is 1. The molecule has 2 N–H and O–H groups in total. The van der Waals surface area contributed by atoms with Crippen molar-refractivity contribution in [2.75, 3.05) is 24.6 Å². The minimum Gasteiger partial charge on any atom is -0.464 e. The number of nitrogens with zero attached hydrogens (tertiary/aromatic N) is 2. The fourth-order valence-corrected chi connectivity index (χ4v) is 3.79. The van der Waals surface area contributed by atoms with Crippen LogP contribution < -0.4 is 15.5 Å². The number of carbonyl (C=O) groups is 3. The van der Waals surface area contributed by atoms with E-state index in [1.165, 1.54) is 5.69 Å². The molecule has 1 aromatic carbocycles. The molecule has 0 saturated heterocycles. The Balaban J connectivity index is 2.90. The lowest BCUT2D eigenvalue weighted by Gasteiger charge is -2.27. The summed E-state index contributed by atoms with van der Waals surface area (Å²) < 4.78 is 4.97. The van der Waals surface area contributed by atoms with Gasteiger partial charge in [-0.05, 0) is 63.3 Å². The van der Waals surface area contributed by atoms with Crippen LogP contribution in [-0.4, -0.2) is 61.8 Å². The number of nitrogens with one attached hydrogen (secondary N) is 2. The van der Waals surface area contributed by atoms with E-state index in [9.17, 15) is 14.4 Å². The van der Waals surface area contributed by atoms with Crippen molar-refractivity contribution in [2.45, 2.75) is 79.9 Å². The van der Waals surface area contributed by atoms with Crippen LogP contribution in [0.25, 0.3) is 6.08 Å². The second-order valence-corrected chi connectivity index (χ2v) is 9.46. The molecule has 206 valence electrons. The highest BCUT2D eigenvalue weighted by Crippen LogP contribution is 2.16. The molecule has 0 radical (unpaired) electrons. The monoisotopic (exact) mass is 514 g/mol. The lowest BCUT2D eigenvalue weighted by Crippen LogP contribution is -2.55. The number of benzene rings is 1. The lowest BCUT2D eigenvalue weighted by atomic mass is 9.96. The van der Waals surface area contributed by atoms with Crippen LogP contribution in [-0.2, 0) is 19.1 Å². The average molecular weight is 515 g/mol. The molecular formula is C29H46N4O4. The summed E-state index contributed by atoms with van der Waals surface area (Å²) in [6.45, 7) is 17.4. The maximum absolute atomic E-state index is 13.1. The third kappa shape index (κ3) is 10.4. The Morgan fingerprint density at radius 1 is 0.946 bits per heavy atom. The molecule has 1 rings (SSSR count). The first-order valence-electron chi connectivity index (χ1n) is 13.4. The van der Waals surface area contributed by atoms with Crippen molar-refractivity contribution in [3.8, 4) is 0 Å². The summed E-state index contributed by atoms with van der Waals surface area (Å²) in [7, 11) is 0. The molecule has 2 amide bonds. The van der Waals surface area contributed by atoms with Gasteiger partial charge in [-0.1, -0.05) is 52.3 Å². The van der Waals surface area contributed by atoms with Crippen molar-refractivity contribution in [3.63, 3.8) is 0 Å². The van der Waals surface area contributed by atoms with E-state index in [1.807, 2.05) is 39.8 Å². The Morgan fingerprint density at radius 2 is 1.57 bits per heavy atom. The maximum Gasteiger partial charge on any atom is 0.328 e. The molecule has 1 aromatic rings. The molecule has 0 aliphatic rings. The van der Waals surface area contributed by atoms with E-state index in [1.54, 1.807) is 20.1 Å². The SMILES string of the molecule is CCOC(=O)[C@H](C)NC(=O)[C@@H](NC(=O)[C@@H](N=C/C=C/c1ccc(N(CC)CC)cc1)C(C)C)[C@@H](C)CC. The summed E-state index contributed by atoms with van der Waals surface area (Å²) in [6, 6.07) is 6.05. The lowest BCUT2D eigenvalue weighted by molar-refractivity contribution is -0.147. The van der Waals surface area contributed by atoms with Gasteiger partial charge in [0.15, 0.2) is 0 Å². The van der Waals surface area contributed by atoms with Gasteiger partial charge in [0.25, 0.3) is 0 Å². The average Bonchev–Trinajstić information content (AvgIpc) is 2.87. The van der Waals surface area contributed by atoms with Crippen LogP contribution in [0.1, 0.15) is 67.4 Å². The Labute approximate surface area is 222 Å². The molecule has 0 heterocycles. The van der Waals surface area contributed by atoms with Crippen molar-refractivity contribution in [2.24, 2.45) is 16.8 Å². The zero-order valence-corrected chi connectivity index (χ0v) is 23.8. The molecular weight excluding hydrogens is 468 g/mol. The molecule has 8 nitrogen and oxygen atoms in total. The first-order valence-corrected chi connectivity index (χ1v) is 13.4. The summed E-state index contributed by atoms with van der Waals surface area (Å²) in [5.41, 5.74) is 2.22. The van der Waals surface area contributed by atoms with Crippen LogP contribution >= 0.6 is 0 Å². The number of rotatable bonds is 15. The highest BCUT2D eigenvalue weighted by molar-refractivity contribution is 5.93. The van der Waals surface area contributed by atoms with Gasteiger partial charge in [0.2, 0.25) is 11.8 Å². The fourth-order valence-electron chi connectivity index (χ4n) is 3.79. The number of anilines is 1. The van der Waals surface area contributed by atoms with Crippen LogP contribution in [0.5, 0.6) is 0 Å². The molecule has 0 bridgehead atoms. The Bertz CT molecular complexity index is 907. The summed E-state index contributed by atoms with van der Waals surface area (Å²) in [5.74, 6) is -1.45. The first-order chi connectivity index (χ1) is 17.6. The second-order valence-electron chi connectivity index (χ2n) is 9.46. The summed E-state index contributed by atoms with van der Waals surface area (Å²) in [6.07, 6.45) is 6.06. The van der Waals surface area contributed by atoms with E-state index in [2.05, 4.69) is 58.6 Å². The second kappa shape index (κ2) is 16.6. The van der Waals surface area contributed by atoms with Crippen molar-refractivity contribution in [1.82, 2.24) is 10.6 Å². The third-order valence-corrected chi connectivity index (χ3v) is 6.34. The minimum atomic E-state index is -0.805. The van der Waals surface area contributed by atoms with E-state index in [0.29, 0.717) is 6.42 Å². The van der Waals surface area contributed by atoms with Gasteiger partial charge in [-0.25, -0.2) is 4.79 Å². The van der Waals surface area contributed by atoms with Gasteiger partial charge in [0, 0.05) is 25.0 Å². The summed E-state index contributed by atoms with van der Waals surface area (Å²) in [5, 5.41) is 5.53. The van der Waals surface area contributed by atoms with Gasteiger partial charge >= 0.3 is 5.97 Å². The van der Waals surface area contributed by atoms with E-state index in [4.69, 9.17) is 4.74 Å². The van der Waals surface area contributed by atoms with Crippen LogP contribution in [0, 0.1) is 11.8 Å². The molecule has 0 aromatic heterocycles. The third-order valence-electron chi connectivity index (χ3n) is 6.34. The topological polar surface area (TPSA) is 100 Å². The number of hydrogen-bond donors (Lipinski definition) is 2. The van der Waals surface area contributed by atoms with Crippen molar-refractivity contribution >= 4 is 35.8 Å². The highest BCUT2D eigenvalue weighted by atomic mass is 16.5. The normalized spacial score (nSPS) is 14.8. The quantitative estimate of drug-likeness (QED) is 0.269. The predicted octanol–water partition coefficient (Wildman–Crippen LogP) is 4.24. The predicted molar refractivity (Wildman–Crippen MR) is 152 cm³/mol. The summed E-state index contributed by atoms with van der Waals surface area (Å²) >= 11 is 0. The number of ether oxygens (including phenoxy) is 1. The van der Waals surface area contributed by atoms with Gasteiger partial charge in [-0.2, -0.15) is 0 Å². The van der Waals surface area contributed by atoms with E-state index < -0.39 is 30.0 Å². The maximum atomic E-state index is 13.1. The molecule has 37 heavy (non-hydrogen) atoms. The van der Waals surface area contributed by atoms with Gasteiger partial charge in [0.05, 0.1) is 6.61 Å². The fraction of sp³-hybridized carbons (Fsp3) is 0.586. The number of aliphatic imine (C=N–C) groups is 1. The van der Waals surface area contributed by atoms with Crippen molar-refractivity contribution in [3.05, 3.63) is 35.9 Å². The van der Waals surface area contributed by atoms with Gasteiger partial charge in [0.1, 0.15) is 18.1 Å². The zero-order chi connectivity index (χ0) is 28.0. The number of allylic oxidation sites excluding steroid dienone is 1.